The van der Waals surface area contributed by atoms with Crippen LogP contribution in [-0.4, -0.2) is 41.6 Å². The Morgan fingerprint density at radius 3 is 2.43 bits per heavy atom. The highest BCUT2D eigenvalue weighted by Crippen LogP contribution is 2.33. The van der Waals surface area contributed by atoms with E-state index in [4.69, 9.17) is 4.74 Å². The Labute approximate surface area is 159 Å². The number of amides is 1. The maximum absolute atomic E-state index is 12.7. The van der Waals surface area contributed by atoms with Gasteiger partial charge in [0, 0.05) is 19.0 Å². The lowest BCUT2D eigenvalue weighted by Crippen LogP contribution is -2.33. The number of carboxylic acid groups (broad SMARTS) is 1. The van der Waals surface area contributed by atoms with Crippen LogP contribution in [0, 0.1) is 5.92 Å². The first-order chi connectivity index (χ1) is 13.3. The van der Waals surface area contributed by atoms with Gasteiger partial charge in [-0.25, -0.2) is 0 Å². The first kappa shape index (κ1) is 19.7. The molecule has 0 aromatic heterocycles. The van der Waals surface area contributed by atoms with Crippen molar-refractivity contribution in [1.29, 1.82) is 0 Å². The molecule has 0 saturated carbocycles. The predicted octanol–water partition coefficient (Wildman–Crippen LogP) is 3.41. The van der Waals surface area contributed by atoms with Crippen LogP contribution in [-0.2, 0) is 15.8 Å². The van der Waals surface area contributed by atoms with Crippen molar-refractivity contribution in [3.63, 3.8) is 0 Å². The zero-order chi connectivity index (χ0) is 20.3. The van der Waals surface area contributed by atoms with E-state index in [-0.39, 0.29) is 24.8 Å². The van der Waals surface area contributed by atoms with Crippen LogP contribution in [0.2, 0.25) is 0 Å². The summed E-state index contributed by atoms with van der Waals surface area (Å²) in [6, 6.07) is 13.3. The molecule has 0 unspecified atom stereocenters. The lowest BCUT2D eigenvalue weighted by atomic mass is 9.89. The number of carbonyl (C=O) groups excluding carboxylic acids is 1. The molecule has 2 aromatic carbocycles. The monoisotopic (exact) mass is 393 g/mol. The number of benzene rings is 2. The molecule has 1 saturated heterocycles. The normalized spacial score (nSPS) is 19.5. The first-order valence-electron chi connectivity index (χ1n) is 8.61. The highest BCUT2D eigenvalue weighted by molar-refractivity contribution is 5.80. The van der Waals surface area contributed by atoms with Crippen LogP contribution in [0.5, 0.6) is 5.75 Å². The number of ether oxygens (including phenoxy) is 1. The summed E-state index contributed by atoms with van der Waals surface area (Å²) in [6.07, 6.45) is -4.50. The highest BCUT2D eigenvalue weighted by atomic mass is 19.4. The number of alkyl halides is 3. The van der Waals surface area contributed by atoms with Gasteiger partial charge in [0.1, 0.15) is 5.75 Å². The van der Waals surface area contributed by atoms with Gasteiger partial charge in [0.2, 0.25) is 0 Å². The minimum absolute atomic E-state index is 0.0275. The Morgan fingerprint density at radius 1 is 1.07 bits per heavy atom. The minimum Gasteiger partial charge on any atom is -0.484 e. The molecule has 28 heavy (non-hydrogen) atoms. The topological polar surface area (TPSA) is 66.8 Å². The molecular weight excluding hydrogens is 375 g/mol. The number of carboxylic acids is 1. The Balaban J connectivity index is 1.66. The van der Waals surface area contributed by atoms with Crippen LogP contribution >= 0.6 is 0 Å². The van der Waals surface area contributed by atoms with Gasteiger partial charge in [0.25, 0.3) is 5.91 Å². The predicted molar refractivity (Wildman–Crippen MR) is 93.8 cm³/mol. The van der Waals surface area contributed by atoms with E-state index >= 15 is 0 Å². The zero-order valence-electron chi connectivity index (χ0n) is 14.7. The third-order valence-electron chi connectivity index (χ3n) is 4.74. The van der Waals surface area contributed by atoms with Gasteiger partial charge in [-0.15, -0.1) is 0 Å². The number of likely N-dealkylation sites (tertiary alicyclic amines) is 1. The standard InChI is InChI=1S/C20H18F3NO4/c21-20(22,23)14-7-4-8-15(9-14)28-12-18(25)24-10-16(17(11-24)19(26)27)13-5-2-1-3-6-13/h1-9,16-17H,10-12H2,(H,26,27)/t16-,17-/m1/s1. The molecule has 1 aliphatic rings. The molecule has 2 aromatic rings. The van der Waals surface area contributed by atoms with Crippen molar-refractivity contribution < 1.29 is 32.6 Å². The molecule has 2 atom stereocenters. The SMILES string of the molecule is O=C(O)[C@@H]1CN(C(=O)COc2cccc(C(F)(F)F)c2)C[C@@H]1c1ccccc1. The lowest BCUT2D eigenvalue weighted by Gasteiger charge is -2.17. The van der Waals surface area contributed by atoms with Crippen LogP contribution in [0.1, 0.15) is 17.0 Å². The second kappa shape index (κ2) is 7.92. The third-order valence-corrected chi connectivity index (χ3v) is 4.74. The molecule has 1 aliphatic heterocycles. The van der Waals surface area contributed by atoms with E-state index < -0.39 is 36.1 Å². The summed E-state index contributed by atoms with van der Waals surface area (Å²) in [5, 5.41) is 9.48. The van der Waals surface area contributed by atoms with Gasteiger partial charge in [-0.05, 0) is 23.8 Å². The van der Waals surface area contributed by atoms with Crippen LogP contribution in [0.15, 0.2) is 54.6 Å². The lowest BCUT2D eigenvalue weighted by molar-refractivity contribution is -0.142. The quantitative estimate of drug-likeness (QED) is 0.846. The highest BCUT2D eigenvalue weighted by Gasteiger charge is 2.40. The third kappa shape index (κ3) is 4.44. The number of rotatable bonds is 5. The van der Waals surface area contributed by atoms with Gasteiger partial charge in [-0.2, -0.15) is 13.2 Å². The van der Waals surface area contributed by atoms with E-state index in [0.29, 0.717) is 0 Å². The molecule has 0 spiro atoms. The fraction of sp³-hybridized carbons (Fsp3) is 0.300. The fourth-order valence-corrected chi connectivity index (χ4v) is 3.29. The molecule has 8 heteroatoms. The van der Waals surface area contributed by atoms with Gasteiger partial charge in [-0.3, -0.25) is 9.59 Å². The number of nitrogens with zero attached hydrogens (tertiary/aromatic N) is 1. The molecule has 0 aliphatic carbocycles. The van der Waals surface area contributed by atoms with Crippen molar-refractivity contribution in [3.8, 4) is 5.75 Å². The number of halogens is 3. The average Bonchev–Trinajstić information content (AvgIpc) is 3.12. The van der Waals surface area contributed by atoms with E-state index in [9.17, 15) is 27.9 Å². The van der Waals surface area contributed by atoms with Gasteiger partial charge in [0.15, 0.2) is 6.61 Å². The van der Waals surface area contributed by atoms with Crippen LogP contribution in [0.25, 0.3) is 0 Å². The maximum Gasteiger partial charge on any atom is 0.416 e. The second-order valence-electron chi connectivity index (χ2n) is 6.57. The average molecular weight is 393 g/mol. The zero-order valence-corrected chi connectivity index (χ0v) is 14.7. The van der Waals surface area contributed by atoms with Gasteiger partial charge in [0.05, 0.1) is 11.5 Å². The van der Waals surface area contributed by atoms with E-state index in [0.717, 1.165) is 17.7 Å². The Hall–Kier alpha value is -3.03. The Kier molecular flexibility index (Phi) is 5.58. The van der Waals surface area contributed by atoms with Gasteiger partial charge in [-0.1, -0.05) is 36.4 Å². The summed E-state index contributed by atoms with van der Waals surface area (Å²) in [5.41, 5.74) is -0.0438. The number of hydrogen-bond donors (Lipinski definition) is 1. The number of hydrogen-bond acceptors (Lipinski definition) is 3. The van der Waals surface area contributed by atoms with Crippen molar-refractivity contribution in [3.05, 3.63) is 65.7 Å². The first-order valence-corrected chi connectivity index (χ1v) is 8.61. The van der Waals surface area contributed by atoms with Gasteiger partial charge < -0.3 is 14.7 Å². The van der Waals surface area contributed by atoms with Crippen molar-refractivity contribution in [2.24, 2.45) is 5.92 Å². The van der Waals surface area contributed by atoms with E-state index in [2.05, 4.69) is 0 Å². The number of aliphatic carboxylic acids is 1. The summed E-state index contributed by atoms with van der Waals surface area (Å²) in [4.78, 5) is 25.4. The maximum atomic E-state index is 12.7. The molecule has 148 valence electrons. The molecule has 1 heterocycles. The van der Waals surface area contributed by atoms with E-state index in [1.54, 1.807) is 12.1 Å². The van der Waals surface area contributed by atoms with E-state index in [1.165, 1.54) is 17.0 Å². The van der Waals surface area contributed by atoms with Crippen LogP contribution in [0.3, 0.4) is 0 Å². The molecule has 5 nitrogen and oxygen atoms in total. The van der Waals surface area contributed by atoms with Crippen molar-refractivity contribution in [1.82, 2.24) is 4.90 Å². The summed E-state index contributed by atoms with van der Waals surface area (Å²) in [6.45, 7) is -0.222. The summed E-state index contributed by atoms with van der Waals surface area (Å²) < 4.78 is 43.5. The van der Waals surface area contributed by atoms with E-state index in [1.807, 2.05) is 18.2 Å². The summed E-state index contributed by atoms with van der Waals surface area (Å²) in [7, 11) is 0. The molecular formula is C20H18F3NO4. The van der Waals surface area contributed by atoms with Gasteiger partial charge >= 0.3 is 12.1 Å². The fourth-order valence-electron chi connectivity index (χ4n) is 3.29. The van der Waals surface area contributed by atoms with Crippen molar-refractivity contribution in [2.75, 3.05) is 19.7 Å². The molecule has 0 bridgehead atoms. The molecule has 1 N–H and O–H groups in total. The van der Waals surface area contributed by atoms with Crippen LogP contribution < -0.4 is 4.74 Å². The van der Waals surface area contributed by atoms with Crippen LogP contribution in [0.4, 0.5) is 13.2 Å². The largest absolute Gasteiger partial charge is 0.484 e. The van der Waals surface area contributed by atoms with Crippen molar-refractivity contribution in [2.45, 2.75) is 12.1 Å². The minimum atomic E-state index is -4.50. The second-order valence-corrected chi connectivity index (χ2v) is 6.57. The smallest absolute Gasteiger partial charge is 0.416 e. The molecule has 0 radical (unpaired) electrons. The van der Waals surface area contributed by atoms with Crippen molar-refractivity contribution >= 4 is 11.9 Å². The molecule has 1 fully saturated rings. The number of carbonyl (C=O) groups is 2. The molecule has 3 rings (SSSR count). The Bertz CT molecular complexity index is 854. The summed E-state index contributed by atoms with van der Waals surface area (Å²) in [5.74, 6) is -2.64. The summed E-state index contributed by atoms with van der Waals surface area (Å²) >= 11 is 0. The molecule has 1 amide bonds. The Morgan fingerprint density at radius 2 is 1.79 bits per heavy atom.